The quantitative estimate of drug-likeness (QED) is 0.316. The van der Waals surface area contributed by atoms with Gasteiger partial charge in [0.2, 0.25) is 0 Å². The lowest BCUT2D eigenvalue weighted by Crippen LogP contribution is -2.11. The zero-order valence-corrected chi connectivity index (χ0v) is 20.2. The highest BCUT2D eigenvalue weighted by Crippen LogP contribution is 2.42. The lowest BCUT2D eigenvalue weighted by molar-refractivity contribution is 0.215. The first kappa shape index (κ1) is 22.0. The average molecular weight is 464 g/mol. The van der Waals surface area contributed by atoms with Crippen molar-refractivity contribution in [1.82, 2.24) is 0 Å². The molecule has 0 spiro atoms. The second kappa shape index (κ2) is 10.9. The van der Waals surface area contributed by atoms with Gasteiger partial charge in [-0.05, 0) is 59.8 Å². The Kier molecular flexibility index (Phi) is 7.24. The highest BCUT2D eigenvalue weighted by Gasteiger charge is 2.21. The van der Waals surface area contributed by atoms with Crippen molar-refractivity contribution in [2.24, 2.45) is 0 Å². The van der Waals surface area contributed by atoms with E-state index in [4.69, 9.17) is 4.74 Å². The Morgan fingerprint density at radius 3 is 0.970 bits per heavy atom. The lowest BCUT2D eigenvalue weighted by Gasteiger charge is -2.18. The molecule has 1 aliphatic heterocycles. The van der Waals surface area contributed by atoms with Gasteiger partial charge in [-0.2, -0.15) is 0 Å². The molecule has 0 radical (unpaired) electrons. The summed E-state index contributed by atoms with van der Waals surface area (Å²) in [6, 6.07) is 43.4. The van der Waals surface area contributed by atoms with Crippen LogP contribution in [-0.4, -0.2) is 13.2 Å². The van der Waals surface area contributed by atoms with Crippen LogP contribution in [0.15, 0.2) is 144 Å². The Morgan fingerprint density at radius 1 is 0.424 bits per heavy atom. The highest BCUT2D eigenvalue weighted by molar-refractivity contribution is 7.76. The summed E-state index contributed by atoms with van der Waals surface area (Å²) in [6.07, 6.45) is 0. The van der Waals surface area contributed by atoms with Gasteiger partial charge in [-0.15, -0.1) is 0 Å². The van der Waals surface area contributed by atoms with Gasteiger partial charge in [0.15, 0.2) is 0 Å². The van der Waals surface area contributed by atoms with E-state index in [0.717, 1.165) is 0 Å². The zero-order chi connectivity index (χ0) is 22.3. The van der Waals surface area contributed by atoms with Gasteiger partial charge in [0, 0.05) is 0 Å². The van der Waals surface area contributed by atoms with Crippen LogP contribution in [0.1, 0.15) is 0 Å². The number of hydrogen-bond donors (Lipinski definition) is 0. The monoisotopic (exact) mass is 464 g/mol. The molecule has 1 heterocycles. The van der Waals surface area contributed by atoms with Gasteiger partial charge in [-0.25, -0.2) is 0 Å². The van der Waals surface area contributed by atoms with Crippen molar-refractivity contribution >= 4 is 37.1 Å². The molecular weight excluding hydrogens is 438 g/mol. The number of benzene rings is 4. The molecule has 0 aromatic heterocycles. The highest BCUT2D eigenvalue weighted by atomic mass is 31.1. The molecular formula is C30H26OP2. The summed E-state index contributed by atoms with van der Waals surface area (Å²) in [6.45, 7) is 1.36. The topological polar surface area (TPSA) is 9.23 Å². The minimum Gasteiger partial charge on any atom is -0.372 e. The van der Waals surface area contributed by atoms with Crippen molar-refractivity contribution in [3.05, 3.63) is 144 Å². The fourth-order valence-electron chi connectivity index (χ4n) is 3.96. The smallest absolute Gasteiger partial charge is 0.0725 e. The Balaban J connectivity index is 1.56. The molecule has 0 unspecified atom stereocenters. The van der Waals surface area contributed by atoms with Crippen molar-refractivity contribution in [3.63, 3.8) is 0 Å². The Labute approximate surface area is 199 Å². The fraction of sp³-hybridized carbons (Fsp3) is 0.0667. The Bertz CT molecular complexity index is 1040. The molecule has 0 saturated carbocycles. The molecule has 4 aromatic carbocycles. The van der Waals surface area contributed by atoms with Gasteiger partial charge < -0.3 is 4.74 Å². The van der Waals surface area contributed by atoms with Crippen LogP contribution < -0.4 is 21.2 Å². The van der Waals surface area contributed by atoms with Gasteiger partial charge in [0.1, 0.15) is 0 Å². The van der Waals surface area contributed by atoms with E-state index in [1.165, 1.54) is 32.4 Å². The van der Waals surface area contributed by atoms with Crippen molar-refractivity contribution in [2.45, 2.75) is 0 Å². The third kappa shape index (κ3) is 5.40. The second-order valence-electron chi connectivity index (χ2n) is 7.88. The van der Waals surface area contributed by atoms with Crippen LogP contribution in [0.5, 0.6) is 0 Å². The Morgan fingerprint density at radius 2 is 0.697 bits per heavy atom. The molecule has 33 heavy (non-hydrogen) atoms. The van der Waals surface area contributed by atoms with E-state index in [9.17, 15) is 0 Å². The molecule has 0 atom stereocenters. The van der Waals surface area contributed by atoms with E-state index >= 15 is 0 Å². The summed E-state index contributed by atoms with van der Waals surface area (Å²) < 4.78 is 6.00. The third-order valence-corrected chi connectivity index (χ3v) is 10.2. The number of hydrogen-bond acceptors (Lipinski definition) is 1. The van der Waals surface area contributed by atoms with Crippen molar-refractivity contribution in [1.29, 1.82) is 0 Å². The van der Waals surface area contributed by atoms with Crippen LogP contribution in [-0.2, 0) is 4.74 Å². The largest absolute Gasteiger partial charge is 0.372 e. The minimum atomic E-state index is -0.598. The molecule has 0 bridgehead atoms. The fourth-order valence-corrected chi connectivity index (χ4v) is 8.23. The average Bonchev–Trinajstić information content (AvgIpc) is 3.34. The van der Waals surface area contributed by atoms with Gasteiger partial charge in [0.05, 0.1) is 13.2 Å². The second-order valence-corrected chi connectivity index (χ2v) is 11.9. The van der Waals surface area contributed by atoms with Crippen LogP contribution in [0.25, 0.3) is 0 Å². The van der Waals surface area contributed by atoms with E-state index < -0.39 is 15.8 Å². The van der Waals surface area contributed by atoms with Gasteiger partial charge in [-0.3, -0.25) is 0 Å². The first-order valence-electron chi connectivity index (χ1n) is 11.2. The molecule has 1 aliphatic rings. The molecule has 1 nitrogen and oxygen atoms in total. The van der Waals surface area contributed by atoms with Gasteiger partial charge in [-0.1, -0.05) is 121 Å². The van der Waals surface area contributed by atoms with Crippen molar-refractivity contribution in [2.75, 3.05) is 13.2 Å². The summed E-state index contributed by atoms with van der Waals surface area (Å²) in [5.41, 5.74) is 2.65. The van der Waals surface area contributed by atoms with E-state index in [1.807, 2.05) is 0 Å². The van der Waals surface area contributed by atoms with Crippen LogP contribution >= 0.6 is 15.8 Å². The van der Waals surface area contributed by atoms with Crippen LogP contribution in [0.4, 0.5) is 0 Å². The molecule has 0 aliphatic carbocycles. The van der Waals surface area contributed by atoms with Gasteiger partial charge >= 0.3 is 0 Å². The molecule has 1 saturated heterocycles. The van der Waals surface area contributed by atoms with E-state index in [0.29, 0.717) is 13.2 Å². The third-order valence-electron chi connectivity index (χ3n) is 5.63. The van der Waals surface area contributed by atoms with Crippen LogP contribution in [0, 0.1) is 0 Å². The molecule has 5 rings (SSSR count). The van der Waals surface area contributed by atoms with Crippen LogP contribution in [0.3, 0.4) is 0 Å². The van der Waals surface area contributed by atoms with E-state index in [2.05, 4.69) is 133 Å². The first-order valence-corrected chi connectivity index (χ1v) is 14.0. The SMILES string of the molecule is C(=C1/COC/C1=C\P(c1ccccc1)c1ccccc1)/P(c1ccccc1)c1ccccc1. The molecule has 4 aromatic rings. The Hall–Kier alpha value is -2.82. The summed E-state index contributed by atoms with van der Waals surface area (Å²) in [7, 11) is -1.20. The number of rotatable bonds is 6. The summed E-state index contributed by atoms with van der Waals surface area (Å²) in [5.74, 6) is 4.95. The zero-order valence-electron chi connectivity index (χ0n) is 18.4. The van der Waals surface area contributed by atoms with Crippen molar-refractivity contribution in [3.8, 4) is 0 Å². The van der Waals surface area contributed by atoms with E-state index in [-0.39, 0.29) is 0 Å². The minimum absolute atomic E-state index is 0.598. The number of ether oxygens (including phenoxy) is 1. The van der Waals surface area contributed by atoms with Gasteiger partial charge in [0.25, 0.3) is 0 Å². The molecule has 0 amide bonds. The summed E-state index contributed by atoms with van der Waals surface area (Å²) in [4.78, 5) is 0. The lowest BCUT2D eigenvalue weighted by atomic mass is 10.2. The molecule has 162 valence electrons. The molecule has 0 N–H and O–H groups in total. The molecule has 1 fully saturated rings. The maximum absolute atomic E-state index is 6.00. The predicted molar refractivity (Wildman–Crippen MR) is 145 cm³/mol. The standard InChI is InChI=1S/C30H26OP2/c1-5-13-27(14-6-1)32(28-15-7-2-8-16-28)23-25-21-31-22-26(25)24-33(29-17-9-3-10-18-29)30-19-11-4-12-20-30/h1-20,23-24H,21-22H2/b25-23+,26-24+. The maximum Gasteiger partial charge on any atom is 0.0725 e. The summed E-state index contributed by atoms with van der Waals surface area (Å²) >= 11 is 0. The maximum atomic E-state index is 6.00. The normalized spacial score (nSPS) is 16.2. The van der Waals surface area contributed by atoms with E-state index in [1.54, 1.807) is 0 Å². The summed E-state index contributed by atoms with van der Waals surface area (Å²) in [5, 5.41) is 5.47. The first-order chi connectivity index (χ1) is 16.4. The van der Waals surface area contributed by atoms with Crippen molar-refractivity contribution < 1.29 is 4.74 Å². The predicted octanol–water partition coefficient (Wildman–Crippen LogP) is 6.05. The molecule has 3 heteroatoms. The van der Waals surface area contributed by atoms with Crippen LogP contribution in [0.2, 0.25) is 0 Å².